The predicted octanol–water partition coefficient (Wildman–Crippen LogP) is 1.19. The van der Waals surface area contributed by atoms with Gasteiger partial charge in [0.15, 0.2) is 0 Å². The summed E-state index contributed by atoms with van der Waals surface area (Å²) in [6, 6.07) is 5.65. The average Bonchev–Trinajstić information content (AvgIpc) is 2.05. The molecule has 0 saturated heterocycles. The number of nitrogens with two attached hydrogens (primary N) is 2. The Morgan fingerprint density at radius 3 is 2.83 bits per heavy atom. The Bertz CT molecular complexity index is 252. The second kappa shape index (κ2) is 4.54. The topological polar surface area (TPSA) is 64.9 Å². The van der Waals surface area contributed by atoms with Gasteiger partial charge < -0.3 is 11.5 Å². The lowest BCUT2D eigenvalue weighted by Crippen LogP contribution is -2.16. The highest BCUT2D eigenvalue weighted by Crippen LogP contribution is 2.13. The average molecular weight is 230 g/mol. The van der Waals surface area contributed by atoms with Gasteiger partial charge in [0, 0.05) is 6.04 Å². The van der Waals surface area contributed by atoms with Crippen molar-refractivity contribution in [3.63, 3.8) is 0 Å². The number of hydrogen-bond acceptors (Lipinski definition) is 3. The van der Waals surface area contributed by atoms with E-state index in [0.29, 0.717) is 6.54 Å². The summed E-state index contributed by atoms with van der Waals surface area (Å²) in [7, 11) is 0. The molecule has 4 heteroatoms. The minimum absolute atomic E-state index is 0.0486. The van der Waals surface area contributed by atoms with E-state index in [9.17, 15) is 0 Å². The molecule has 4 N–H and O–H groups in total. The Labute approximate surface area is 80.3 Å². The Morgan fingerprint density at radius 1 is 1.50 bits per heavy atom. The van der Waals surface area contributed by atoms with Crippen LogP contribution in [0.5, 0.6) is 0 Å². The highest BCUT2D eigenvalue weighted by molar-refractivity contribution is 9.10. The molecule has 0 aliphatic heterocycles. The molecule has 0 spiro atoms. The van der Waals surface area contributed by atoms with Gasteiger partial charge in [-0.2, -0.15) is 0 Å². The van der Waals surface area contributed by atoms with Crippen LogP contribution in [0.2, 0.25) is 0 Å². The first-order valence-corrected chi connectivity index (χ1v) is 4.61. The van der Waals surface area contributed by atoms with Crippen LogP contribution >= 0.6 is 15.9 Å². The summed E-state index contributed by atoms with van der Waals surface area (Å²) in [6.07, 6.45) is 0.767. The zero-order valence-electron chi connectivity index (χ0n) is 6.70. The summed E-state index contributed by atoms with van der Waals surface area (Å²) in [5, 5.41) is 0. The minimum Gasteiger partial charge on any atom is -0.330 e. The lowest BCUT2D eigenvalue weighted by Gasteiger charge is -2.08. The third-order valence-electron chi connectivity index (χ3n) is 1.59. The highest BCUT2D eigenvalue weighted by atomic mass is 79.9. The fraction of sp³-hybridized carbons (Fsp3) is 0.375. The molecular formula is C8H12BrN3. The SMILES string of the molecule is NCC[C@H](N)c1cccc(Br)n1. The summed E-state index contributed by atoms with van der Waals surface area (Å²) in [5.74, 6) is 0. The van der Waals surface area contributed by atoms with E-state index < -0.39 is 0 Å². The zero-order chi connectivity index (χ0) is 8.97. The van der Waals surface area contributed by atoms with Gasteiger partial charge in [0.1, 0.15) is 4.60 Å². The van der Waals surface area contributed by atoms with E-state index in [2.05, 4.69) is 20.9 Å². The number of halogens is 1. The molecule has 1 aromatic heterocycles. The van der Waals surface area contributed by atoms with Gasteiger partial charge in [-0.05, 0) is 41.0 Å². The van der Waals surface area contributed by atoms with Crippen molar-refractivity contribution in [3.8, 4) is 0 Å². The van der Waals surface area contributed by atoms with Gasteiger partial charge >= 0.3 is 0 Å². The number of pyridine rings is 1. The molecule has 3 nitrogen and oxygen atoms in total. The molecule has 0 unspecified atom stereocenters. The highest BCUT2D eigenvalue weighted by Gasteiger charge is 2.05. The van der Waals surface area contributed by atoms with Crippen molar-refractivity contribution in [2.45, 2.75) is 12.5 Å². The monoisotopic (exact) mass is 229 g/mol. The van der Waals surface area contributed by atoms with E-state index in [1.54, 1.807) is 0 Å². The third kappa shape index (κ3) is 2.55. The van der Waals surface area contributed by atoms with Gasteiger partial charge in [0.25, 0.3) is 0 Å². The smallest absolute Gasteiger partial charge is 0.106 e. The molecule has 1 rings (SSSR count). The Kier molecular flexibility index (Phi) is 3.65. The lowest BCUT2D eigenvalue weighted by atomic mass is 10.1. The van der Waals surface area contributed by atoms with Crippen LogP contribution in [0, 0.1) is 0 Å². The van der Waals surface area contributed by atoms with Gasteiger partial charge in [0.2, 0.25) is 0 Å². The van der Waals surface area contributed by atoms with E-state index in [-0.39, 0.29) is 6.04 Å². The number of rotatable bonds is 3. The third-order valence-corrected chi connectivity index (χ3v) is 2.04. The second-order valence-corrected chi connectivity index (χ2v) is 3.38. The van der Waals surface area contributed by atoms with Crippen LogP contribution in [0.4, 0.5) is 0 Å². The first kappa shape index (κ1) is 9.64. The maximum absolute atomic E-state index is 5.81. The molecule has 0 radical (unpaired) electrons. The van der Waals surface area contributed by atoms with Crippen molar-refractivity contribution in [1.82, 2.24) is 4.98 Å². The fourth-order valence-corrected chi connectivity index (χ4v) is 1.32. The van der Waals surface area contributed by atoms with Gasteiger partial charge in [-0.25, -0.2) is 4.98 Å². The van der Waals surface area contributed by atoms with Crippen molar-refractivity contribution in [2.24, 2.45) is 11.5 Å². The maximum Gasteiger partial charge on any atom is 0.106 e. The summed E-state index contributed by atoms with van der Waals surface area (Å²) in [5.41, 5.74) is 12.1. The van der Waals surface area contributed by atoms with Crippen LogP contribution in [-0.2, 0) is 0 Å². The maximum atomic E-state index is 5.81. The molecule has 0 aromatic carbocycles. The Balaban J connectivity index is 2.73. The first-order valence-electron chi connectivity index (χ1n) is 3.82. The first-order chi connectivity index (χ1) is 5.74. The molecule has 1 atom stereocenters. The minimum atomic E-state index is -0.0486. The van der Waals surface area contributed by atoms with Gasteiger partial charge in [-0.1, -0.05) is 6.07 Å². The number of hydrogen-bond donors (Lipinski definition) is 2. The van der Waals surface area contributed by atoms with Crippen molar-refractivity contribution in [2.75, 3.05) is 6.54 Å². The van der Waals surface area contributed by atoms with E-state index in [4.69, 9.17) is 11.5 Å². The molecule has 12 heavy (non-hydrogen) atoms. The summed E-state index contributed by atoms with van der Waals surface area (Å²) in [6.45, 7) is 0.593. The molecule has 66 valence electrons. The molecule has 1 heterocycles. The number of nitrogens with zero attached hydrogens (tertiary/aromatic N) is 1. The predicted molar refractivity (Wildman–Crippen MR) is 52.5 cm³/mol. The standard InChI is InChI=1S/C8H12BrN3/c9-8-3-1-2-7(12-8)6(11)4-5-10/h1-3,6H,4-5,10-11H2/t6-/m0/s1. The summed E-state index contributed by atoms with van der Waals surface area (Å²) >= 11 is 3.28. The lowest BCUT2D eigenvalue weighted by molar-refractivity contribution is 0.641. The van der Waals surface area contributed by atoms with Crippen molar-refractivity contribution in [1.29, 1.82) is 0 Å². The van der Waals surface area contributed by atoms with Crippen molar-refractivity contribution in [3.05, 3.63) is 28.5 Å². The fourth-order valence-electron chi connectivity index (χ4n) is 0.958. The molecule has 0 saturated carbocycles. The van der Waals surface area contributed by atoms with E-state index in [1.807, 2.05) is 18.2 Å². The van der Waals surface area contributed by atoms with E-state index in [1.165, 1.54) is 0 Å². The molecule has 0 amide bonds. The van der Waals surface area contributed by atoms with Crippen LogP contribution in [0.15, 0.2) is 22.8 Å². The molecule has 0 aliphatic carbocycles. The quantitative estimate of drug-likeness (QED) is 0.766. The van der Waals surface area contributed by atoms with Crippen LogP contribution in [-0.4, -0.2) is 11.5 Å². The summed E-state index contributed by atoms with van der Waals surface area (Å²) < 4.78 is 0.812. The van der Waals surface area contributed by atoms with Crippen molar-refractivity contribution < 1.29 is 0 Å². The molecule has 0 fully saturated rings. The normalized spacial score (nSPS) is 12.9. The molecule has 0 bridgehead atoms. The molecular weight excluding hydrogens is 218 g/mol. The van der Waals surface area contributed by atoms with E-state index >= 15 is 0 Å². The van der Waals surface area contributed by atoms with E-state index in [0.717, 1.165) is 16.7 Å². The van der Waals surface area contributed by atoms with Gasteiger partial charge in [0.05, 0.1) is 5.69 Å². The zero-order valence-corrected chi connectivity index (χ0v) is 8.29. The van der Waals surface area contributed by atoms with Crippen LogP contribution in [0.25, 0.3) is 0 Å². The van der Waals surface area contributed by atoms with Gasteiger partial charge in [-0.3, -0.25) is 0 Å². The number of aromatic nitrogens is 1. The Morgan fingerprint density at radius 2 is 2.25 bits per heavy atom. The molecule has 0 aliphatic rings. The Hall–Kier alpha value is -0.450. The largest absolute Gasteiger partial charge is 0.330 e. The van der Waals surface area contributed by atoms with Crippen LogP contribution < -0.4 is 11.5 Å². The van der Waals surface area contributed by atoms with Gasteiger partial charge in [-0.15, -0.1) is 0 Å². The second-order valence-electron chi connectivity index (χ2n) is 2.57. The molecule has 1 aromatic rings. The van der Waals surface area contributed by atoms with Crippen LogP contribution in [0.1, 0.15) is 18.2 Å². The summed E-state index contributed by atoms with van der Waals surface area (Å²) in [4.78, 5) is 4.23. The van der Waals surface area contributed by atoms with Crippen LogP contribution in [0.3, 0.4) is 0 Å². The van der Waals surface area contributed by atoms with Crippen molar-refractivity contribution >= 4 is 15.9 Å².